The van der Waals surface area contributed by atoms with Crippen molar-refractivity contribution in [3.05, 3.63) is 35.6 Å². The molecule has 0 amide bonds. The summed E-state index contributed by atoms with van der Waals surface area (Å²) in [5, 5.41) is 10.3. The fraction of sp³-hybridized carbons (Fsp3) is 0.625. The van der Waals surface area contributed by atoms with E-state index in [-0.39, 0.29) is 17.3 Å². The van der Waals surface area contributed by atoms with Gasteiger partial charge in [-0.15, -0.1) is 0 Å². The molecule has 0 radical (unpaired) electrons. The van der Waals surface area contributed by atoms with Crippen LogP contribution in [0.3, 0.4) is 0 Å². The lowest BCUT2D eigenvalue weighted by atomic mass is 9.77. The molecule has 0 aromatic heterocycles. The van der Waals surface area contributed by atoms with E-state index in [0.717, 1.165) is 18.4 Å². The van der Waals surface area contributed by atoms with E-state index in [4.69, 9.17) is 0 Å². The van der Waals surface area contributed by atoms with Gasteiger partial charge in [-0.2, -0.15) is 0 Å². The summed E-state index contributed by atoms with van der Waals surface area (Å²) in [6.07, 6.45) is 5.10. The predicted octanol–water partition coefficient (Wildman–Crippen LogP) is 4.43. The van der Waals surface area contributed by atoms with E-state index >= 15 is 0 Å². The lowest BCUT2D eigenvalue weighted by Crippen LogP contribution is -2.33. The van der Waals surface area contributed by atoms with E-state index in [1.165, 1.54) is 31.4 Å². The topological polar surface area (TPSA) is 20.2 Å². The number of aliphatic hydroxyl groups is 1. The van der Waals surface area contributed by atoms with E-state index in [1.807, 2.05) is 13.8 Å². The highest BCUT2D eigenvalue weighted by Gasteiger charge is 2.29. The van der Waals surface area contributed by atoms with Gasteiger partial charge in [-0.05, 0) is 24.1 Å². The summed E-state index contributed by atoms with van der Waals surface area (Å²) >= 11 is 0. The van der Waals surface area contributed by atoms with E-state index < -0.39 is 0 Å². The molecule has 1 aromatic carbocycles. The van der Waals surface area contributed by atoms with Crippen molar-refractivity contribution in [2.45, 2.75) is 64.4 Å². The second kappa shape index (κ2) is 6.89. The highest BCUT2D eigenvalue weighted by Crippen LogP contribution is 2.30. The standard InChI is InChI=1S/C16H25FO/c1-4-5-6-7-8-15(18)16(2,3)13-9-11-14(17)12-10-13/h9-12,15,18H,4-8H2,1-3H3. The largest absolute Gasteiger partial charge is 0.392 e. The summed E-state index contributed by atoms with van der Waals surface area (Å²) in [5.41, 5.74) is 0.673. The van der Waals surface area contributed by atoms with Crippen molar-refractivity contribution < 1.29 is 9.50 Å². The molecule has 0 spiro atoms. The minimum absolute atomic E-state index is 0.230. The maximum Gasteiger partial charge on any atom is 0.123 e. The molecule has 0 heterocycles. The van der Waals surface area contributed by atoms with E-state index in [2.05, 4.69) is 6.92 Å². The Morgan fingerprint density at radius 3 is 2.28 bits per heavy atom. The molecule has 1 unspecified atom stereocenters. The van der Waals surface area contributed by atoms with Crippen LogP contribution >= 0.6 is 0 Å². The highest BCUT2D eigenvalue weighted by molar-refractivity contribution is 5.25. The smallest absolute Gasteiger partial charge is 0.123 e. The number of hydrogen-bond acceptors (Lipinski definition) is 1. The summed E-state index contributed by atoms with van der Waals surface area (Å²) in [4.78, 5) is 0. The molecule has 1 atom stereocenters. The molecule has 0 aliphatic rings. The molecule has 0 fully saturated rings. The molecule has 2 heteroatoms. The third-order valence-corrected chi connectivity index (χ3v) is 3.75. The molecule has 102 valence electrons. The molecule has 1 rings (SSSR count). The summed E-state index contributed by atoms with van der Waals surface area (Å²) in [7, 11) is 0. The van der Waals surface area contributed by atoms with Gasteiger partial charge in [0.1, 0.15) is 5.82 Å². The average Bonchev–Trinajstić information content (AvgIpc) is 2.35. The Balaban J connectivity index is 2.58. The van der Waals surface area contributed by atoms with Gasteiger partial charge in [0.25, 0.3) is 0 Å². The molecule has 0 bridgehead atoms. The molecule has 1 nitrogen and oxygen atoms in total. The Morgan fingerprint density at radius 2 is 1.72 bits per heavy atom. The predicted molar refractivity (Wildman–Crippen MR) is 74.2 cm³/mol. The Morgan fingerprint density at radius 1 is 1.11 bits per heavy atom. The third kappa shape index (κ3) is 4.09. The number of hydrogen-bond donors (Lipinski definition) is 1. The number of aliphatic hydroxyl groups excluding tert-OH is 1. The minimum Gasteiger partial charge on any atom is -0.392 e. The van der Waals surface area contributed by atoms with Crippen LogP contribution in [-0.2, 0) is 5.41 Å². The zero-order valence-electron chi connectivity index (χ0n) is 11.7. The van der Waals surface area contributed by atoms with Gasteiger partial charge in [0.15, 0.2) is 0 Å². The van der Waals surface area contributed by atoms with Gasteiger partial charge in [0.2, 0.25) is 0 Å². The van der Waals surface area contributed by atoms with Crippen LogP contribution in [0, 0.1) is 5.82 Å². The monoisotopic (exact) mass is 252 g/mol. The first-order valence-corrected chi connectivity index (χ1v) is 6.92. The quantitative estimate of drug-likeness (QED) is 0.711. The van der Waals surface area contributed by atoms with Crippen molar-refractivity contribution >= 4 is 0 Å². The third-order valence-electron chi connectivity index (χ3n) is 3.75. The number of benzene rings is 1. The molecular weight excluding hydrogens is 227 g/mol. The molecule has 0 saturated heterocycles. The minimum atomic E-state index is -0.375. The summed E-state index contributed by atoms with van der Waals surface area (Å²) in [6, 6.07) is 6.46. The normalized spacial score (nSPS) is 13.6. The van der Waals surface area contributed by atoms with Crippen molar-refractivity contribution in [3.63, 3.8) is 0 Å². The van der Waals surface area contributed by atoms with Gasteiger partial charge in [-0.25, -0.2) is 4.39 Å². The lowest BCUT2D eigenvalue weighted by Gasteiger charge is -2.31. The van der Waals surface area contributed by atoms with Gasteiger partial charge >= 0.3 is 0 Å². The first-order valence-electron chi connectivity index (χ1n) is 6.92. The zero-order valence-corrected chi connectivity index (χ0v) is 11.7. The number of halogens is 1. The summed E-state index contributed by atoms with van der Waals surface area (Å²) in [5.74, 6) is -0.230. The van der Waals surface area contributed by atoms with Crippen molar-refractivity contribution in [2.24, 2.45) is 0 Å². The lowest BCUT2D eigenvalue weighted by molar-refractivity contribution is 0.0884. The van der Waals surface area contributed by atoms with Crippen LogP contribution in [0.5, 0.6) is 0 Å². The van der Waals surface area contributed by atoms with Crippen LogP contribution in [0.4, 0.5) is 4.39 Å². The first kappa shape index (κ1) is 15.2. The molecule has 0 aliphatic carbocycles. The highest BCUT2D eigenvalue weighted by atomic mass is 19.1. The fourth-order valence-corrected chi connectivity index (χ4v) is 2.20. The number of rotatable bonds is 7. The molecular formula is C16H25FO. The summed E-state index contributed by atoms with van der Waals surface area (Å²) in [6.45, 7) is 6.22. The Kier molecular flexibility index (Phi) is 5.80. The average molecular weight is 252 g/mol. The SMILES string of the molecule is CCCCCCC(O)C(C)(C)c1ccc(F)cc1. The van der Waals surface area contributed by atoms with Crippen LogP contribution in [0.25, 0.3) is 0 Å². The van der Waals surface area contributed by atoms with Gasteiger partial charge in [0.05, 0.1) is 6.10 Å². The fourth-order valence-electron chi connectivity index (χ4n) is 2.20. The van der Waals surface area contributed by atoms with E-state index in [0.29, 0.717) is 0 Å². The van der Waals surface area contributed by atoms with Crippen LogP contribution < -0.4 is 0 Å². The van der Waals surface area contributed by atoms with Gasteiger partial charge in [0, 0.05) is 5.41 Å². The maximum absolute atomic E-state index is 12.9. The van der Waals surface area contributed by atoms with E-state index in [1.54, 1.807) is 12.1 Å². The second-order valence-electron chi connectivity index (χ2n) is 5.59. The second-order valence-corrected chi connectivity index (χ2v) is 5.59. The van der Waals surface area contributed by atoms with Crippen molar-refractivity contribution in [2.75, 3.05) is 0 Å². The molecule has 0 saturated carbocycles. The van der Waals surface area contributed by atoms with Crippen molar-refractivity contribution in [1.82, 2.24) is 0 Å². The van der Waals surface area contributed by atoms with Crippen LogP contribution in [-0.4, -0.2) is 11.2 Å². The van der Waals surface area contributed by atoms with E-state index in [9.17, 15) is 9.50 Å². The van der Waals surface area contributed by atoms with Crippen molar-refractivity contribution in [3.8, 4) is 0 Å². The Bertz CT molecular complexity index is 343. The van der Waals surface area contributed by atoms with Crippen LogP contribution in [0.15, 0.2) is 24.3 Å². The van der Waals surface area contributed by atoms with Crippen molar-refractivity contribution in [1.29, 1.82) is 0 Å². The van der Waals surface area contributed by atoms with Crippen LogP contribution in [0.2, 0.25) is 0 Å². The van der Waals surface area contributed by atoms with Crippen LogP contribution in [0.1, 0.15) is 58.4 Å². The molecule has 1 aromatic rings. The van der Waals surface area contributed by atoms with Gasteiger partial charge in [-0.3, -0.25) is 0 Å². The molecule has 18 heavy (non-hydrogen) atoms. The maximum atomic E-state index is 12.9. The van der Waals surface area contributed by atoms with Gasteiger partial charge in [-0.1, -0.05) is 58.6 Å². The zero-order chi connectivity index (χ0) is 13.6. The Hall–Kier alpha value is -0.890. The molecule has 1 N–H and O–H groups in total. The summed E-state index contributed by atoms with van der Waals surface area (Å²) < 4.78 is 12.9. The first-order chi connectivity index (χ1) is 8.48. The van der Waals surface area contributed by atoms with Gasteiger partial charge < -0.3 is 5.11 Å². The number of unbranched alkanes of at least 4 members (excludes halogenated alkanes) is 3. The molecule has 0 aliphatic heterocycles. The Labute approximate surface area is 110 Å².